The third kappa shape index (κ3) is 5.16. The van der Waals surface area contributed by atoms with Crippen molar-refractivity contribution >= 4 is 15.7 Å². The molecule has 21 heavy (non-hydrogen) atoms. The van der Waals surface area contributed by atoms with E-state index in [4.69, 9.17) is 0 Å². The van der Waals surface area contributed by atoms with Crippen molar-refractivity contribution in [2.75, 3.05) is 18.1 Å². The normalized spacial score (nSPS) is 20.3. The number of nitrogens with one attached hydrogen (secondary N) is 1. The molecule has 1 fully saturated rings. The molecule has 1 aliphatic rings. The van der Waals surface area contributed by atoms with Crippen LogP contribution in [0.25, 0.3) is 0 Å². The van der Waals surface area contributed by atoms with Gasteiger partial charge in [0.25, 0.3) is 0 Å². The molecule has 0 spiro atoms. The number of amides is 1. The van der Waals surface area contributed by atoms with Crippen LogP contribution in [0.3, 0.4) is 0 Å². The van der Waals surface area contributed by atoms with E-state index in [9.17, 15) is 13.2 Å². The number of benzene rings is 1. The van der Waals surface area contributed by atoms with E-state index in [1.54, 1.807) is 0 Å². The summed E-state index contributed by atoms with van der Waals surface area (Å²) in [5.74, 6) is 0.966. The Morgan fingerprint density at radius 2 is 2.10 bits per heavy atom. The van der Waals surface area contributed by atoms with Crippen LogP contribution in [-0.2, 0) is 21.1 Å². The summed E-state index contributed by atoms with van der Waals surface area (Å²) in [5, 5.41) is 2.91. The number of aryl methyl sites for hydroxylation is 1. The van der Waals surface area contributed by atoms with Gasteiger partial charge in [-0.25, -0.2) is 8.42 Å². The van der Waals surface area contributed by atoms with Crippen LogP contribution in [0.5, 0.6) is 0 Å². The minimum Gasteiger partial charge on any atom is -0.356 e. The summed E-state index contributed by atoms with van der Waals surface area (Å²) in [4.78, 5) is 11.9. The van der Waals surface area contributed by atoms with Crippen molar-refractivity contribution in [1.29, 1.82) is 0 Å². The minimum absolute atomic E-state index is 0.0309. The number of rotatable bonds is 6. The summed E-state index contributed by atoms with van der Waals surface area (Å²) in [6.45, 7) is 2.63. The highest BCUT2D eigenvalue weighted by atomic mass is 32.2. The van der Waals surface area contributed by atoms with Crippen molar-refractivity contribution in [2.45, 2.75) is 32.6 Å². The van der Waals surface area contributed by atoms with Crippen LogP contribution in [0.4, 0.5) is 0 Å². The Balaban J connectivity index is 1.65. The zero-order valence-corrected chi connectivity index (χ0v) is 13.3. The molecule has 0 saturated carbocycles. The molecule has 1 saturated heterocycles. The Labute approximate surface area is 126 Å². The lowest BCUT2D eigenvalue weighted by Crippen LogP contribution is -2.26. The van der Waals surface area contributed by atoms with E-state index in [2.05, 4.69) is 5.32 Å². The Kier molecular flexibility index (Phi) is 5.39. The molecule has 1 aliphatic heterocycles. The van der Waals surface area contributed by atoms with Crippen LogP contribution < -0.4 is 5.32 Å². The third-order valence-corrected chi connectivity index (χ3v) is 5.89. The van der Waals surface area contributed by atoms with E-state index in [-0.39, 0.29) is 11.8 Å². The van der Waals surface area contributed by atoms with Gasteiger partial charge < -0.3 is 5.32 Å². The first-order valence-corrected chi connectivity index (χ1v) is 9.30. The van der Waals surface area contributed by atoms with Gasteiger partial charge in [-0.05, 0) is 43.2 Å². The van der Waals surface area contributed by atoms with Crippen LogP contribution >= 0.6 is 0 Å². The van der Waals surface area contributed by atoms with Crippen molar-refractivity contribution in [1.82, 2.24) is 5.32 Å². The summed E-state index contributed by atoms with van der Waals surface area (Å²) in [7, 11) is -2.78. The molecule has 1 atom stereocenters. The smallest absolute Gasteiger partial charge is 0.224 e. The van der Waals surface area contributed by atoms with Crippen molar-refractivity contribution < 1.29 is 13.2 Å². The predicted octanol–water partition coefficient (Wildman–Crippen LogP) is 1.87. The lowest BCUT2D eigenvalue weighted by molar-refractivity contribution is -0.120. The molecule has 0 aromatic heterocycles. The van der Waals surface area contributed by atoms with Crippen LogP contribution in [0.2, 0.25) is 0 Å². The fraction of sp³-hybridized carbons (Fsp3) is 0.562. The lowest BCUT2D eigenvalue weighted by Gasteiger charge is -2.09. The molecule has 116 valence electrons. The molecular formula is C16H23NO3S. The molecule has 1 heterocycles. The molecule has 5 heteroatoms. The summed E-state index contributed by atoms with van der Waals surface area (Å²) >= 11 is 0. The van der Waals surface area contributed by atoms with E-state index in [1.807, 2.05) is 31.2 Å². The zero-order valence-electron chi connectivity index (χ0n) is 12.5. The number of carbonyl (C=O) groups is 1. The van der Waals surface area contributed by atoms with Gasteiger partial charge in [-0.3, -0.25) is 4.79 Å². The molecule has 1 aromatic rings. The van der Waals surface area contributed by atoms with E-state index >= 15 is 0 Å². The fourth-order valence-electron chi connectivity index (χ4n) is 2.76. The molecule has 0 radical (unpaired) electrons. The molecule has 1 N–H and O–H groups in total. The first kappa shape index (κ1) is 16.0. The second-order valence-corrected chi connectivity index (χ2v) is 8.09. The average molecular weight is 309 g/mol. The van der Waals surface area contributed by atoms with Crippen molar-refractivity contribution in [3.63, 3.8) is 0 Å². The maximum atomic E-state index is 11.9. The molecule has 0 bridgehead atoms. The van der Waals surface area contributed by atoms with Crippen molar-refractivity contribution in [2.24, 2.45) is 5.92 Å². The largest absolute Gasteiger partial charge is 0.356 e. The van der Waals surface area contributed by atoms with Crippen molar-refractivity contribution in [3.8, 4) is 0 Å². The monoisotopic (exact) mass is 309 g/mol. The number of hydrogen-bond donors (Lipinski definition) is 1. The van der Waals surface area contributed by atoms with Gasteiger partial charge >= 0.3 is 0 Å². The molecule has 1 amide bonds. The first-order chi connectivity index (χ1) is 9.96. The number of carbonyl (C=O) groups excluding carboxylic acids is 1. The lowest BCUT2D eigenvalue weighted by atomic mass is 10.0. The van der Waals surface area contributed by atoms with Crippen LogP contribution in [-0.4, -0.2) is 32.4 Å². The molecule has 1 aromatic carbocycles. The standard InChI is InChI=1S/C16H23NO3S/c1-13-5-2-3-7-15(13)11-16(18)17-9-4-6-14-8-10-21(19,20)12-14/h2-3,5,7,14H,4,6,8-12H2,1H3,(H,17,18). The molecular weight excluding hydrogens is 286 g/mol. The van der Waals surface area contributed by atoms with Gasteiger partial charge in [0.1, 0.15) is 0 Å². The van der Waals surface area contributed by atoms with Gasteiger partial charge in [0.15, 0.2) is 9.84 Å². The van der Waals surface area contributed by atoms with E-state index in [1.165, 1.54) is 0 Å². The van der Waals surface area contributed by atoms with Gasteiger partial charge in [0, 0.05) is 6.54 Å². The maximum Gasteiger partial charge on any atom is 0.224 e. The second-order valence-electron chi connectivity index (χ2n) is 5.86. The molecule has 0 aliphatic carbocycles. The highest BCUT2D eigenvalue weighted by Gasteiger charge is 2.27. The van der Waals surface area contributed by atoms with Crippen LogP contribution in [0, 0.1) is 12.8 Å². The van der Waals surface area contributed by atoms with Crippen LogP contribution in [0.15, 0.2) is 24.3 Å². The fourth-order valence-corrected chi connectivity index (χ4v) is 4.67. The Morgan fingerprint density at radius 3 is 2.76 bits per heavy atom. The second kappa shape index (κ2) is 7.07. The zero-order chi connectivity index (χ0) is 15.3. The highest BCUT2D eigenvalue weighted by molar-refractivity contribution is 7.91. The average Bonchev–Trinajstić information content (AvgIpc) is 2.77. The SMILES string of the molecule is Cc1ccccc1CC(=O)NCCCC1CCS(=O)(=O)C1. The van der Waals surface area contributed by atoms with E-state index in [0.717, 1.165) is 30.4 Å². The van der Waals surface area contributed by atoms with E-state index < -0.39 is 9.84 Å². The maximum absolute atomic E-state index is 11.9. The van der Waals surface area contributed by atoms with Gasteiger partial charge in [0.05, 0.1) is 17.9 Å². The van der Waals surface area contributed by atoms with E-state index in [0.29, 0.717) is 24.5 Å². The third-order valence-electron chi connectivity index (χ3n) is 4.05. The molecule has 2 rings (SSSR count). The summed E-state index contributed by atoms with van der Waals surface area (Å²) in [5.41, 5.74) is 2.18. The van der Waals surface area contributed by atoms with Gasteiger partial charge in [0.2, 0.25) is 5.91 Å². The van der Waals surface area contributed by atoms with Crippen LogP contribution in [0.1, 0.15) is 30.4 Å². The number of sulfone groups is 1. The van der Waals surface area contributed by atoms with Gasteiger partial charge in [-0.15, -0.1) is 0 Å². The number of hydrogen-bond acceptors (Lipinski definition) is 3. The Morgan fingerprint density at radius 1 is 1.33 bits per heavy atom. The predicted molar refractivity (Wildman–Crippen MR) is 83.9 cm³/mol. The van der Waals surface area contributed by atoms with Crippen molar-refractivity contribution in [3.05, 3.63) is 35.4 Å². The quantitative estimate of drug-likeness (QED) is 0.816. The van der Waals surface area contributed by atoms with Gasteiger partial charge in [-0.1, -0.05) is 24.3 Å². The Bertz CT molecular complexity index is 595. The Hall–Kier alpha value is -1.36. The molecule has 1 unspecified atom stereocenters. The first-order valence-electron chi connectivity index (χ1n) is 7.48. The summed E-state index contributed by atoms with van der Waals surface area (Å²) < 4.78 is 22.7. The molecule has 4 nitrogen and oxygen atoms in total. The highest BCUT2D eigenvalue weighted by Crippen LogP contribution is 2.22. The summed E-state index contributed by atoms with van der Waals surface area (Å²) in [6, 6.07) is 7.88. The minimum atomic E-state index is -2.78. The van der Waals surface area contributed by atoms with Gasteiger partial charge in [-0.2, -0.15) is 0 Å². The topological polar surface area (TPSA) is 63.2 Å². The summed E-state index contributed by atoms with van der Waals surface area (Å²) in [6.07, 6.45) is 2.91.